The van der Waals surface area contributed by atoms with E-state index in [1.54, 1.807) is 19.1 Å². The van der Waals surface area contributed by atoms with Crippen LogP contribution in [0.1, 0.15) is 21.6 Å². The average molecular weight is 216 g/mol. The third kappa shape index (κ3) is 1.48. The van der Waals surface area contributed by atoms with E-state index in [1.807, 2.05) is 6.92 Å². The first kappa shape index (κ1) is 10.4. The van der Waals surface area contributed by atoms with E-state index in [4.69, 9.17) is 5.11 Å². The molecule has 4 nitrogen and oxygen atoms in total. The highest BCUT2D eigenvalue weighted by molar-refractivity contribution is 5.93. The summed E-state index contributed by atoms with van der Waals surface area (Å²) in [5, 5.41) is 21.3. The van der Waals surface area contributed by atoms with E-state index >= 15 is 0 Å². The largest absolute Gasteiger partial charge is 0.871 e. The number of aryl methyl sites for hydroxylation is 2. The number of hydrogen-bond acceptors (Lipinski definition) is 3. The summed E-state index contributed by atoms with van der Waals surface area (Å²) in [5.74, 6) is -1.33. The first-order valence-corrected chi connectivity index (χ1v) is 4.82. The third-order valence-electron chi connectivity index (χ3n) is 2.55. The summed E-state index contributed by atoms with van der Waals surface area (Å²) < 4.78 is 0. The van der Waals surface area contributed by atoms with Crippen molar-refractivity contribution in [2.45, 2.75) is 13.8 Å². The minimum Gasteiger partial charge on any atom is -0.871 e. The highest BCUT2D eigenvalue weighted by Gasteiger charge is 2.08. The number of aromatic nitrogens is 1. The number of carboxylic acid groups (broad SMARTS) is 1. The van der Waals surface area contributed by atoms with Crippen LogP contribution in [0.15, 0.2) is 18.2 Å². The van der Waals surface area contributed by atoms with E-state index < -0.39 is 5.97 Å². The van der Waals surface area contributed by atoms with Gasteiger partial charge >= 0.3 is 5.97 Å². The van der Waals surface area contributed by atoms with Crippen LogP contribution in [0.2, 0.25) is 0 Å². The van der Waals surface area contributed by atoms with Crippen molar-refractivity contribution in [3.63, 3.8) is 0 Å². The second kappa shape index (κ2) is 3.48. The molecule has 0 radical (unpaired) electrons. The van der Waals surface area contributed by atoms with E-state index in [1.165, 1.54) is 6.07 Å². The predicted molar refractivity (Wildman–Crippen MR) is 57.6 cm³/mol. The number of rotatable bonds is 1. The van der Waals surface area contributed by atoms with Gasteiger partial charge < -0.3 is 10.2 Å². The number of carbonyl (C=O) groups is 1. The van der Waals surface area contributed by atoms with Crippen LogP contribution in [0.25, 0.3) is 10.9 Å². The van der Waals surface area contributed by atoms with Crippen LogP contribution < -0.4 is 5.11 Å². The Morgan fingerprint density at radius 3 is 2.62 bits per heavy atom. The monoisotopic (exact) mass is 216 g/mol. The molecule has 0 saturated heterocycles. The molecule has 0 aliphatic carbocycles. The van der Waals surface area contributed by atoms with Crippen LogP contribution in [0.4, 0.5) is 0 Å². The normalized spacial score (nSPS) is 10.6. The second-order valence-electron chi connectivity index (χ2n) is 3.74. The fraction of sp³-hybridized carbons (Fsp3) is 0.167. The Kier molecular flexibility index (Phi) is 2.27. The standard InChI is InChI=1S/C12H11NO3/c1-6-5-7(2)11(14)10-8(6)3-4-9(13-10)12(15)16/h3-5,14H,1-2H3,(H,15,16)/p-1. The van der Waals surface area contributed by atoms with Gasteiger partial charge in [-0.2, -0.15) is 0 Å². The Morgan fingerprint density at radius 2 is 2.00 bits per heavy atom. The molecular formula is C12H10NO3-. The van der Waals surface area contributed by atoms with Gasteiger partial charge in [-0.25, -0.2) is 9.78 Å². The summed E-state index contributed by atoms with van der Waals surface area (Å²) in [6.07, 6.45) is 0. The van der Waals surface area contributed by atoms with Crippen molar-refractivity contribution >= 4 is 16.9 Å². The van der Waals surface area contributed by atoms with Crippen LogP contribution in [-0.4, -0.2) is 16.1 Å². The van der Waals surface area contributed by atoms with E-state index in [2.05, 4.69) is 4.98 Å². The van der Waals surface area contributed by atoms with Gasteiger partial charge in [0.15, 0.2) is 0 Å². The lowest BCUT2D eigenvalue weighted by atomic mass is 10.0. The number of hydrogen-bond donors (Lipinski definition) is 1. The minimum atomic E-state index is -1.12. The summed E-state index contributed by atoms with van der Waals surface area (Å²) in [6, 6.07) is 4.82. The summed E-state index contributed by atoms with van der Waals surface area (Å²) in [6.45, 7) is 3.57. The Balaban J connectivity index is 2.86. The summed E-state index contributed by atoms with van der Waals surface area (Å²) in [7, 11) is 0. The molecule has 0 fully saturated rings. The summed E-state index contributed by atoms with van der Waals surface area (Å²) >= 11 is 0. The number of nitrogens with zero attached hydrogens (tertiary/aromatic N) is 1. The topological polar surface area (TPSA) is 73.2 Å². The molecule has 0 atom stereocenters. The maximum atomic E-state index is 11.8. The first-order valence-electron chi connectivity index (χ1n) is 4.82. The van der Waals surface area contributed by atoms with Gasteiger partial charge in [0.25, 0.3) is 0 Å². The van der Waals surface area contributed by atoms with Crippen LogP contribution in [0, 0.1) is 13.8 Å². The molecule has 2 rings (SSSR count). The van der Waals surface area contributed by atoms with Gasteiger partial charge in [0.2, 0.25) is 0 Å². The smallest absolute Gasteiger partial charge is 0.354 e. The molecule has 0 bridgehead atoms. The van der Waals surface area contributed by atoms with Crippen molar-refractivity contribution in [2.24, 2.45) is 0 Å². The molecule has 0 amide bonds. The molecule has 1 aromatic heterocycles. The molecule has 82 valence electrons. The third-order valence-corrected chi connectivity index (χ3v) is 2.55. The van der Waals surface area contributed by atoms with Crippen molar-refractivity contribution in [1.82, 2.24) is 4.98 Å². The van der Waals surface area contributed by atoms with E-state index in [-0.39, 0.29) is 17.0 Å². The summed E-state index contributed by atoms with van der Waals surface area (Å²) in [4.78, 5) is 14.6. The maximum absolute atomic E-state index is 11.8. The van der Waals surface area contributed by atoms with Crippen molar-refractivity contribution < 1.29 is 15.0 Å². The molecule has 1 aromatic carbocycles. The molecule has 0 spiro atoms. The van der Waals surface area contributed by atoms with Crippen LogP contribution in [-0.2, 0) is 0 Å². The van der Waals surface area contributed by atoms with Gasteiger partial charge in [0.1, 0.15) is 5.69 Å². The molecule has 0 aliphatic rings. The maximum Gasteiger partial charge on any atom is 0.354 e. The molecule has 4 heteroatoms. The number of pyridine rings is 1. The SMILES string of the molecule is Cc1cc(C)c2ccc(C(=O)O)nc2c1[O-]. The lowest BCUT2D eigenvalue weighted by Gasteiger charge is -2.15. The number of benzene rings is 1. The summed E-state index contributed by atoms with van der Waals surface area (Å²) in [5.41, 5.74) is 1.64. The Labute approximate surface area is 92.2 Å². The average Bonchev–Trinajstić information content (AvgIpc) is 2.25. The Hall–Kier alpha value is -2.10. The Morgan fingerprint density at radius 1 is 1.31 bits per heavy atom. The van der Waals surface area contributed by atoms with Crippen molar-refractivity contribution in [1.29, 1.82) is 0 Å². The Bertz CT molecular complexity index is 590. The molecule has 2 aromatic rings. The van der Waals surface area contributed by atoms with E-state index in [9.17, 15) is 9.90 Å². The molecule has 1 heterocycles. The van der Waals surface area contributed by atoms with Gasteiger partial charge in [0.05, 0.1) is 5.52 Å². The fourth-order valence-electron chi connectivity index (χ4n) is 1.72. The highest BCUT2D eigenvalue weighted by Crippen LogP contribution is 2.27. The van der Waals surface area contributed by atoms with Gasteiger partial charge in [-0.3, -0.25) is 0 Å². The van der Waals surface area contributed by atoms with Gasteiger partial charge in [-0.1, -0.05) is 23.4 Å². The second-order valence-corrected chi connectivity index (χ2v) is 3.74. The molecular weight excluding hydrogens is 206 g/mol. The van der Waals surface area contributed by atoms with Gasteiger partial charge in [-0.15, -0.1) is 0 Å². The van der Waals surface area contributed by atoms with Gasteiger partial charge in [-0.05, 0) is 25.5 Å². The molecule has 1 N–H and O–H groups in total. The zero-order valence-corrected chi connectivity index (χ0v) is 8.94. The van der Waals surface area contributed by atoms with Crippen LogP contribution in [0.5, 0.6) is 5.75 Å². The van der Waals surface area contributed by atoms with Crippen molar-refractivity contribution in [2.75, 3.05) is 0 Å². The fourth-order valence-corrected chi connectivity index (χ4v) is 1.72. The van der Waals surface area contributed by atoms with Crippen LogP contribution in [0.3, 0.4) is 0 Å². The first-order chi connectivity index (χ1) is 7.50. The number of carboxylic acids is 1. The minimum absolute atomic E-state index is 0.102. The quantitative estimate of drug-likeness (QED) is 0.786. The van der Waals surface area contributed by atoms with E-state index in [0.29, 0.717) is 10.9 Å². The number of fused-ring (bicyclic) bond motifs is 1. The molecule has 0 saturated carbocycles. The highest BCUT2D eigenvalue weighted by atomic mass is 16.4. The van der Waals surface area contributed by atoms with Crippen molar-refractivity contribution in [3.8, 4) is 5.75 Å². The zero-order chi connectivity index (χ0) is 11.9. The lowest BCUT2D eigenvalue weighted by molar-refractivity contribution is -0.266. The van der Waals surface area contributed by atoms with Crippen LogP contribution >= 0.6 is 0 Å². The van der Waals surface area contributed by atoms with Gasteiger partial charge in [0, 0.05) is 5.39 Å². The molecule has 16 heavy (non-hydrogen) atoms. The molecule has 0 unspecified atom stereocenters. The van der Waals surface area contributed by atoms with E-state index in [0.717, 1.165) is 5.56 Å². The lowest BCUT2D eigenvalue weighted by Crippen LogP contribution is -2.03. The predicted octanol–water partition coefficient (Wildman–Crippen LogP) is 1.62. The zero-order valence-electron chi connectivity index (χ0n) is 8.94. The molecule has 0 aliphatic heterocycles. The van der Waals surface area contributed by atoms with Crippen molar-refractivity contribution in [3.05, 3.63) is 35.0 Å². The number of aromatic carboxylic acids is 1.